The second-order valence-corrected chi connectivity index (χ2v) is 6.06. The molecule has 0 aromatic carbocycles. The summed E-state index contributed by atoms with van der Waals surface area (Å²) in [6.45, 7) is 2.89. The van der Waals surface area contributed by atoms with Gasteiger partial charge in [0, 0.05) is 6.42 Å². The number of rotatable bonds is 8. The highest BCUT2D eigenvalue weighted by Gasteiger charge is 2.13. The van der Waals surface area contributed by atoms with Crippen LogP contribution in [0, 0.1) is 5.92 Å². The minimum absolute atomic E-state index is 0.0264. The Bertz CT molecular complexity index is 217. The van der Waals surface area contributed by atoms with Gasteiger partial charge in [-0.15, -0.1) is 0 Å². The summed E-state index contributed by atoms with van der Waals surface area (Å²) in [5.41, 5.74) is 0. The quantitative estimate of drug-likeness (QED) is 0.444. The zero-order chi connectivity index (χ0) is 13.8. The van der Waals surface area contributed by atoms with Gasteiger partial charge in [0.1, 0.15) is 0 Å². The number of carbonyl (C=O) groups excluding carboxylic acids is 1. The van der Waals surface area contributed by atoms with Crippen LogP contribution in [0.3, 0.4) is 0 Å². The second-order valence-electron chi connectivity index (χ2n) is 6.06. The molecule has 112 valence electrons. The number of hydrogen-bond acceptors (Lipinski definition) is 2. The molecular weight excluding hydrogens is 236 g/mol. The van der Waals surface area contributed by atoms with Crippen molar-refractivity contribution in [3.8, 4) is 0 Å². The van der Waals surface area contributed by atoms with E-state index in [4.69, 9.17) is 4.74 Å². The van der Waals surface area contributed by atoms with Crippen LogP contribution in [0.1, 0.15) is 90.4 Å². The fraction of sp³-hybridized carbons (Fsp3) is 0.941. The molecule has 1 saturated carbocycles. The first-order valence-electron chi connectivity index (χ1n) is 8.48. The van der Waals surface area contributed by atoms with Gasteiger partial charge in [-0.3, -0.25) is 4.79 Å². The molecule has 0 amide bonds. The van der Waals surface area contributed by atoms with Crippen molar-refractivity contribution in [2.24, 2.45) is 5.92 Å². The van der Waals surface area contributed by atoms with Gasteiger partial charge in [-0.2, -0.15) is 0 Å². The maximum atomic E-state index is 11.7. The van der Waals surface area contributed by atoms with Crippen LogP contribution in [0.2, 0.25) is 0 Å². The molecule has 0 unspecified atom stereocenters. The summed E-state index contributed by atoms with van der Waals surface area (Å²) in [6.07, 6.45) is 15.9. The van der Waals surface area contributed by atoms with Crippen molar-refractivity contribution in [2.45, 2.75) is 90.4 Å². The lowest BCUT2D eigenvalue weighted by atomic mass is 9.92. The molecule has 0 atom stereocenters. The zero-order valence-corrected chi connectivity index (χ0v) is 12.8. The summed E-state index contributed by atoms with van der Waals surface area (Å²) in [5, 5.41) is 0. The van der Waals surface area contributed by atoms with Crippen LogP contribution < -0.4 is 0 Å². The SMILES string of the molecule is CCCCCCCC(=O)OCC1CCCCCCC1. The predicted molar refractivity (Wildman–Crippen MR) is 80.1 cm³/mol. The molecule has 1 rings (SSSR count). The lowest BCUT2D eigenvalue weighted by molar-refractivity contribution is -0.145. The van der Waals surface area contributed by atoms with E-state index in [1.807, 2.05) is 0 Å². The molecule has 2 nitrogen and oxygen atoms in total. The molecule has 1 aliphatic rings. The van der Waals surface area contributed by atoms with Gasteiger partial charge in [0.2, 0.25) is 0 Å². The van der Waals surface area contributed by atoms with Crippen LogP contribution in [0.25, 0.3) is 0 Å². The molecular formula is C17H32O2. The summed E-state index contributed by atoms with van der Waals surface area (Å²) in [5.74, 6) is 0.655. The molecule has 1 aliphatic carbocycles. The van der Waals surface area contributed by atoms with E-state index in [-0.39, 0.29) is 5.97 Å². The van der Waals surface area contributed by atoms with Crippen molar-refractivity contribution < 1.29 is 9.53 Å². The van der Waals surface area contributed by atoms with E-state index in [0.29, 0.717) is 18.9 Å². The van der Waals surface area contributed by atoms with Crippen molar-refractivity contribution in [2.75, 3.05) is 6.61 Å². The molecule has 0 N–H and O–H groups in total. The summed E-state index contributed by atoms with van der Waals surface area (Å²) < 4.78 is 5.45. The van der Waals surface area contributed by atoms with Gasteiger partial charge in [-0.1, -0.05) is 64.7 Å². The smallest absolute Gasteiger partial charge is 0.305 e. The number of unbranched alkanes of at least 4 members (excludes halogenated alkanes) is 4. The third-order valence-corrected chi connectivity index (χ3v) is 4.19. The lowest BCUT2D eigenvalue weighted by Gasteiger charge is -2.19. The fourth-order valence-corrected chi connectivity index (χ4v) is 2.86. The molecule has 0 aliphatic heterocycles. The first kappa shape index (κ1) is 16.5. The molecule has 1 fully saturated rings. The van der Waals surface area contributed by atoms with E-state index in [1.54, 1.807) is 0 Å². The second kappa shape index (κ2) is 11.3. The summed E-state index contributed by atoms with van der Waals surface area (Å²) in [7, 11) is 0. The molecule has 0 radical (unpaired) electrons. The molecule has 0 aromatic heterocycles. The number of hydrogen-bond donors (Lipinski definition) is 0. The molecule has 2 heteroatoms. The van der Waals surface area contributed by atoms with Gasteiger partial charge in [-0.05, 0) is 25.2 Å². The van der Waals surface area contributed by atoms with Crippen LogP contribution >= 0.6 is 0 Å². The van der Waals surface area contributed by atoms with E-state index in [0.717, 1.165) is 6.42 Å². The van der Waals surface area contributed by atoms with Gasteiger partial charge >= 0.3 is 5.97 Å². The number of esters is 1. The van der Waals surface area contributed by atoms with E-state index >= 15 is 0 Å². The highest BCUT2D eigenvalue weighted by molar-refractivity contribution is 5.69. The van der Waals surface area contributed by atoms with Crippen molar-refractivity contribution >= 4 is 5.97 Å². The van der Waals surface area contributed by atoms with Gasteiger partial charge in [0.05, 0.1) is 6.61 Å². The standard InChI is InChI=1S/C17H32O2/c1-2-3-4-6-11-14-17(18)19-15-16-12-9-7-5-8-10-13-16/h16H,2-15H2,1H3. The third-order valence-electron chi connectivity index (χ3n) is 4.19. The number of carbonyl (C=O) groups is 1. The lowest BCUT2D eigenvalue weighted by Crippen LogP contribution is -2.15. The Morgan fingerprint density at radius 3 is 2.26 bits per heavy atom. The van der Waals surface area contributed by atoms with Crippen LogP contribution in [0.15, 0.2) is 0 Å². The first-order valence-corrected chi connectivity index (χ1v) is 8.48. The molecule has 19 heavy (non-hydrogen) atoms. The van der Waals surface area contributed by atoms with E-state index in [1.165, 1.54) is 70.6 Å². The Kier molecular flexibility index (Phi) is 9.84. The molecule has 0 aromatic rings. The van der Waals surface area contributed by atoms with Crippen molar-refractivity contribution in [1.29, 1.82) is 0 Å². The topological polar surface area (TPSA) is 26.3 Å². The van der Waals surface area contributed by atoms with Crippen molar-refractivity contribution in [1.82, 2.24) is 0 Å². The minimum atomic E-state index is 0.0264. The highest BCUT2D eigenvalue weighted by Crippen LogP contribution is 2.22. The molecule has 0 bridgehead atoms. The zero-order valence-electron chi connectivity index (χ0n) is 12.8. The average molecular weight is 268 g/mol. The van der Waals surface area contributed by atoms with Crippen LogP contribution in [-0.2, 0) is 9.53 Å². The van der Waals surface area contributed by atoms with Crippen LogP contribution in [0.5, 0.6) is 0 Å². The van der Waals surface area contributed by atoms with Gasteiger partial charge < -0.3 is 4.74 Å². The Balaban J connectivity index is 2.01. The molecule has 0 heterocycles. The Morgan fingerprint density at radius 2 is 1.58 bits per heavy atom. The van der Waals surface area contributed by atoms with Crippen LogP contribution in [0.4, 0.5) is 0 Å². The van der Waals surface area contributed by atoms with Gasteiger partial charge in [0.15, 0.2) is 0 Å². The summed E-state index contributed by atoms with van der Waals surface area (Å²) in [6, 6.07) is 0. The van der Waals surface area contributed by atoms with Gasteiger partial charge in [-0.25, -0.2) is 0 Å². The van der Waals surface area contributed by atoms with Gasteiger partial charge in [0.25, 0.3) is 0 Å². The normalized spacial score (nSPS) is 17.7. The number of ether oxygens (including phenoxy) is 1. The summed E-state index contributed by atoms with van der Waals surface area (Å²) >= 11 is 0. The molecule has 0 spiro atoms. The monoisotopic (exact) mass is 268 g/mol. The predicted octanol–water partition coefficient (Wildman–Crippen LogP) is 5.25. The third kappa shape index (κ3) is 9.07. The van der Waals surface area contributed by atoms with E-state index < -0.39 is 0 Å². The Morgan fingerprint density at radius 1 is 0.947 bits per heavy atom. The fourth-order valence-electron chi connectivity index (χ4n) is 2.86. The maximum absolute atomic E-state index is 11.7. The first-order chi connectivity index (χ1) is 9.33. The Labute approximate surface area is 119 Å². The van der Waals surface area contributed by atoms with E-state index in [9.17, 15) is 4.79 Å². The summed E-state index contributed by atoms with van der Waals surface area (Å²) in [4.78, 5) is 11.7. The van der Waals surface area contributed by atoms with Crippen molar-refractivity contribution in [3.63, 3.8) is 0 Å². The minimum Gasteiger partial charge on any atom is -0.465 e. The Hall–Kier alpha value is -0.530. The van der Waals surface area contributed by atoms with Crippen molar-refractivity contribution in [3.05, 3.63) is 0 Å². The van der Waals surface area contributed by atoms with E-state index in [2.05, 4.69) is 6.92 Å². The average Bonchev–Trinajstić information content (AvgIpc) is 2.37. The molecule has 0 saturated heterocycles. The maximum Gasteiger partial charge on any atom is 0.305 e. The van der Waals surface area contributed by atoms with Crippen LogP contribution in [-0.4, -0.2) is 12.6 Å². The highest BCUT2D eigenvalue weighted by atomic mass is 16.5. The largest absolute Gasteiger partial charge is 0.465 e.